The van der Waals surface area contributed by atoms with Crippen LogP contribution in [0.1, 0.15) is 37.7 Å². The van der Waals surface area contributed by atoms with Crippen molar-refractivity contribution in [3.8, 4) is 11.4 Å². The lowest BCUT2D eigenvalue weighted by atomic mass is 9.89. The largest absolute Gasteiger partial charge is 0.350 e. The van der Waals surface area contributed by atoms with Gasteiger partial charge in [-0.2, -0.15) is 4.98 Å². The highest BCUT2D eigenvalue weighted by Crippen LogP contribution is 2.37. The van der Waals surface area contributed by atoms with Crippen LogP contribution in [0.5, 0.6) is 0 Å². The van der Waals surface area contributed by atoms with Gasteiger partial charge in [0, 0.05) is 13.1 Å². The van der Waals surface area contributed by atoms with E-state index in [-0.39, 0.29) is 6.54 Å². The van der Waals surface area contributed by atoms with E-state index in [1.807, 2.05) is 6.07 Å². The Morgan fingerprint density at radius 2 is 1.74 bits per heavy atom. The number of imidazole rings is 1. The second-order valence-electron chi connectivity index (χ2n) is 8.65. The third kappa shape index (κ3) is 4.72. The van der Waals surface area contributed by atoms with Crippen LogP contribution in [0.3, 0.4) is 0 Å². The predicted octanol–water partition coefficient (Wildman–Crippen LogP) is 7.27. The lowest BCUT2D eigenvalue weighted by Crippen LogP contribution is -2.15. The van der Waals surface area contributed by atoms with Crippen molar-refractivity contribution in [3.63, 3.8) is 0 Å². The number of aromatic nitrogens is 4. The van der Waals surface area contributed by atoms with Crippen molar-refractivity contribution in [2.24, 2.45) is 5.92 Å². The van der Waals surface area contributed by atoms with Crippen LogP contribution in [-0.4, -0.2) is 19.5 Å². The molecule has 2 aromatic heterocycles. The molecule has 1 aliphatic carbocycles. The van der Waals surface area contributed by atoms with Gasteiger partial charge < -0.3 is 9.88 Å². The first kappa shape index (κ1) is 23.0. The maximum Gasteiger partial charge on any atom is 0.225 e. The van der Waals surface area contributed by atoms with E-state index < -0.39 is 11.6 Å². The summed E-state index contributed by atoms with van der Waals surface area (Å²) < 4.78 is 28.9. The summed E-state index contributed by atoms with van der Waals surface area (Å²) in [4.78, 5) is 13.9. The maximum atomic E-state index is 13.6. The number of hydrogen-bond acceptors (Lipinski definition) is 4. The molecule has 1 fully saturated rings. The molecule has 0 unspecified atom stereocenters. The van der Waals surface area contributed by atoms with Gasteiger partial charge in [-0.25, -0.2) is 18.7 Å². The van der Waals surface area contributed by atoms with Gasteiger partial charge in [0.2, 0.25) is 5.95 Å². The van der Waals surface area contributed by atoms with Crippen molar-refractivity contribution in [1.82, 2.24) is 19.5 Å². The van der Waals surface area contributed by atoms with Crippen LogP contribution in [0.2, 0.25) is 10.0 Å². The fraction of sp³-hybridized carbons (Fsp3) is 0.320. The molecular weight excluding hydrogens is 479 g/mol. The SMILES string of the molecule is Fc1ccc(CNc2ncc3nc(-c4c(Cl)cccc4Cl)n(CC4CCCCC4)c3n2)cc1F. The number of halogens is 4. The van der Waals surface area contributed by atoms with Gasteiger partial charge in [-0.15, -0.1) is 0 Å². The fourth-order valence-corrected chi connectivity index (χ4v) is 5.10. The summed E-state index contributed by atoms with van der Waals surface area (Å²) in [7, 11) is 0. The van der Waals surface area contributed by atoms with Crippen LogP contribution >= 0.6 is 23.2 Å². The lowest BCUT2D eigenvalue weighted by molar-refractivity contribution is 0.323. The molecule has 2 heterocycles. The molecule has 4 aromatic rings. The number of fused-ring (bicyclic) bond motifs is 1. The van der Waals surface area contributed by atoms with Gasteiger partial charge in [0.25, 0.3) is 0 Å². The van der Waals surface area contributed by atoms with Gasteiger partial charge in [-0.05, 0) is 48.6 Å². The summed E-state index contributed by atoms with van der Waals surface area (Å²) in [5.41, 5.74) is 2.58. The number of benzene rings is 2. The molecule has 0 saturated heterocycles. The predicted molar refractivity (Wildman–Crippen MR) is 131 cm³/mol. The maximum absolute atomic E-state index is 13.6. The quantitative estimate of drug-likeness (QED) is 0.301. The number of rotatable bonds is 6. The second-order valence-corrected chi connectivity index (χ2v) is 9.47. The number of nitrogens with zero attached hydrogens (tertiary/aromatic N) is 4. The molecular formula is C25H23Cl2F2N5. The summed E-state index contributed by atoms with van der Waals surface area (Å²) in [5.74, 6) is -0.205. The second kappa shape index (κ2) is 9.84. The first-order chi connectivity index (χ1) is 16.5. The molecule has 0 aliphatic heterocycles. The van der Waals surface area contributed by atoms with Crippen molar-refractivity contribution in [2.75, 3.05) is 5.32 Å². The molecule has 1 aliphatic rings. The van der Waals surface area contributed by atoms with E-state index >= 15 is 0 Å². The van der Waals surface area contributed by atoms with Crippen molar-refractivity contribution in [1.29, 1.82) is 0 Å². The third-order valence-electron chi connectivity index (χ3n) is 6.27. The Kier molecular flexibility index (Phi) is 6.66. The average Bonchev–Trinajstić information content (AvgIpc) is 3.17. The molecule has 2 aromatic carbocycles. The van der Waals surface area contributed by atoms with Crippen LogP contribution in [0.4, 0.5) is 14.7 Å². The summed E-state index contributed by atoms with van der Waals surface area (Å²) in [6.45, 7) is 1.01. The van der Waals surface area contributed by atoms with E-state index in [0.717, 1.165) is 31.5 Å². The van der Waals surface area contributed by atoms with Crippen molar-refractivity contribution >= 4 is 40.3 Å². The molecule has 0 atom stereocenters. The van der Waals surface area contributed by atoms with Gasteiger partial charge in [0.05, 0.1) is 21.8 Å². The zero-order valence-electron chi connectivity index (χ0n) is 18.4. The van der Waals surface area contributed by atoms with Gasteiger partial charge in [-0.3, -0.25) is 0 Å². The highest BCUT2D eigenvalue weighted by atomic mass is 35.5. The molecule has 0 amide bonds. The Bertz CT molecular complexity index is 1310. The van der Waals surface area contributed by atoms with E-state index in [9.17, 15) is 8.78 Å². The standard InChI is InChI=1S/C25H23Cl2F2N5/c26-17-7-4-8-18(27)22(17)24-32-21-13-31-25(30-12-16-9-10-19(28)20(29)11-16)33-23(21)34(24)14-15-5-2-1-3-6-15/h4,7-11,13,15H,1-3,5-6,12,14H2,(H,30,31,33). The fourth-order valence-electron chi connectivity index (χ4n) is 4.54. The third-order valence-corrected chi connectivity index (χ3v) is 6.90. The molecule has 1 saturated carbocycles. The molecule has 5 rings (SSSR count). The van der Waals surface area contributed by atoms with Crippen LogP contribution in [0, 0.1) is 17.6 Å². The molecule has 9 heteroatoms. The highest BCUT2D eigenvalue weighted by Gasteiger charge is 2.23. The van der Waals surface area contributed by atoms with Crippen LogP contribution in [-0.2, 0) is 13.1 Å². The van der Waals surface area contributed by atoms with Crippen LogP contribution < -0.4 is 5.32 Å². The minimum atomic E-state index is -0.887. The summed E-state index contributed by atoms with van der Waals surface area (Å²) in [5, 5.41) is 4.15. The summed E-state index contributed by atoms with van der Waals surface area (Å²) >= 11 is 13.1. The number of hydrogen-bond donors (Lipinski definition) is 1. The normalized spacial score (nSPS) is 14.6. The van der Waals surface area contributed by atoms with E-state index in [1.54, 1.807) is 18.3 Å². The monoisotopic (exact) mass is 501 g/mol. The summed E-state index contributed by atoms with van der Waals surface area (Å²) in [6, 6.07) is 9.19. The molecule has 0 radical (unpaired) electrons. The smallest absolute Gasteiger partial charge is 0.225 e. The molecule has 176 valence electrons. The minimum Gasteiger partial charge on any atom is -0.350 e. The first-order valence-electron chi connectivity index (χ1n) is 11.3. The Hall–Kier alpha value is -2.77. The van der Waals surface area contributed by atoms with Gasteiger partial charge in [-0.1, -0.05) is 54.6 Å². The van der Waals surface area contributed by atoms with Crippen LogP contribution in [0.15, 0.2) is 42.6 Å². The molecule has 0 spiro atoms. The zero-order valence-corrected chi connectivity index (χ0v) is 19.9. The molecule has 1 N–H and O–H groups in total. The Balaban J connectivity index is 1.52. The number of anilines is 1. The molecule has 5 nitrogen and oxygen atoms in total. The Labute approximate surface area is 206 Å². The minimum absolute atomic E-state index is 0.253. The summed E-state index contributed by atoms with van der Waals surface area (Å²) in [6.07, 6.45) is 7.67. The molecule has 0 bridgehead atoms. The Morgan fingerprint density at radius 3 is 2.47 bits per heavy atom. The topological polar surface area (TPSA) is 55.6 Å². The number of nitrogens with one attached hydrogen (secondary N) is 1. The van der Waals surface area contributed by atoms with Gasteiger partial charge in [0.15, 0.2) is 17.3 Å². The van der Waals surface area contributed by atoms with E-state index in [1.165, 1.54) is 25.3 Å². The molecule has 34 heavy (non-hydrogen) atoms. The van der Waals surface area contributed by atoms with Crippen molar-refractivity contribution in [2.45, 2.75) is 45.2 Å². The highest BCUT2D eigenvalue weighted by molar-refractivity contribution is 6.39. The van der Waals surface area contributed by atoms with Crippen molar-refractivity contribution < 1.29 is 8.78 Å². The average molecular weight is 502 g/mol. The van der Waals surface area contributed by atoms with Crippen LogP contribution in [0.25, 0.3) is 22.6 Å². The Morgan fingerprint density at radius 1 is 0.971 bits per heavy atom. The van der Waals surface area contributed by atoms with E-state index in [0.29, 0.717) is 50.0 Å². The lowest BCUT2D eigenvalue weighted by Gasteiger charge is -2.23. The van der Waals surface area contributed by atoms with Gasteiger partial charge in [0.1, 0.15) is 11.3 Å². The van der Waals surface area contributed by atoms with Crippen molar-refractivity contribution in [3.05, 3.63) is 69.8 Å². The van der Waals surface area contributed by atoms with E-state index in [4.69, 9.17) is 33.2 Å². The van der Waals surface area contributed by atoms with Gasteiger partial charge >= 0.3 is 0 Å². The van der Waals surface area contributed by atoms with E-state index in [2.05, 4.69) is 14.9 Å². The first-order valence-corrected chi connectivity index (χ1v) is 12.1. The zero-order chi connectivity index (χ0) is 23.7.